The van der Waals surface area contributed by atoms with Crippen molar-refractivity contribution < 1.29 is 13.5 Å². The molecule has 92 valence electrons. The van der Waals surface area contributed by atoms with Gasteiger partial charge in [-0.15, -0.1) is 0 Å². The van der Waals surface area contributed by atoms with Crippen LogP contribution in [-0.2, 0) is 10.0 Å². The molecular formula is C8H14N2O4S2. The zero-order valence-corrected chi connectivity index (χ0v) is 10.6. The number of sulfonamides is 1. The van der Waals surface area contributed by atoms with Crippen molar-refractivity contribution in [3.8, 4) is 0 Å². The fraction of sp³-hybridized carbons (Fsp3) is 0.625. The molecule has 1 aromatic rings. The van der Waals surface area contributed by atoms with E-state index in [0.717, 1.165) is 0 Å². The molecule has 0 aliphatic heterocycles. The van der Waals surface area contributed by atoms with Gasteiger partial charge in [0.05, 0.1) is 0 Å². The van der Waals surface area contributed by atoms with Crippen LogP contribution in [0.15, 0.2) is 9.00 Å². The fourth-order valence-corrected chi connectivity index (χ4v) is 3.54. The normalized spacial score (nSPS) is 13.9. The number of nitrogens with one attached hydrogen (secondary N) is 2. The van der Waals surface area contributed by atoms with Crippen molar-refractivity contribution in [3.63, 3.8) is 0 Å². The Kier molecular flexibility index (Phi) is 4.25. The van der Waals surface area contributed by atoms with E-state index in [0.29, 0.717) is 17.0 Å². The van der Waals surface area contributed by atoms with Crippen LogP contribution < -0.4 is 9.60 Å². The van der Waals surface area contributed by atoms with Gasteiger partial charge >= 0.3 is 4.87 Å². The molecule has 0 fully saturated rings. The maximum atomic E-state index is 11.7. The summed E-state index contributed by atoms with van der Waals surface area (Å²) in [6.07, 6.45) is 0. The fourth-order valence-electron chi connectivity index (χ4n) is 1.03. The molecule has 1 atom stereocenters. The smallest absolute Gasteiger partial charge is 0.305 e. The highest BCUT2D eigenvalue weighted by molar-refractivity contribution is 7.91. The zero-order chi connectivity index (χ0) is 12.3. The summed E-state index contributed by atoms with van der Waals surface area (Å²) in [6, 6.07) is 0. The Balaban J connectivity index is 2.86. The highest BCUT2D eigenvalue weighted by atomic mass is 32.2. The SMILES string of the molecule is Cc1[nH]c(=O)sc1S(=O)(=O)NCC(C)CO. The Labute approximate surface area is 97.4 Å². The van der Waals surface area contributed by atoms with Crippen LogP contribution >= 0.6 is 11.3 Å². The molecule has 0 bridgehead atoms. The Bertz CT molecular complexity index is 502. The van der Waals surface area contributed by atoms with Gasteiger partial charge in [-0.3, -0.25) is 4.79 Å². The lowest BCUT2D eigenvalue weighted by Crippen LogP contribution is -2.29. The van der Waals surface area contributed by atoms with Gasteiger partial charge in [0.25, 0.3) is 10.0 Å². The number of rotatable bonds is 5. The average Bonchev–Trinajstić information content (AvgIpc) is 2.55. The van der Waals surface area contributed by atoms with Gasteiger partial charge in [-0.2, -0.15) is 0 Å². The van der Waals surface area contributed by atoms with Crippen LogP contribution in [0.2, 0.25) is 0 Å². The second kappa shape index (κ2) is 5.09. The molecule has 6 nitrogen and oxygen atoms in total. The van der Waals surface area contributed by atoms with Gasteiger partial charge < -0.3 is 10.1 Å². The molecule has 8 heteroatoms. The molecular weight excluding hydrogens is 252 g/mol. The van der Waals surface area contributed by atoms with Crippen LogP contribution in [0.5, 0.6) is 0 Å². The monoisotopic (exact) mass is 266 g/mol. The van der Waals surface area contributed by atoms with Gasteiger partial charge in [-0.1, -0.05) is 18.3 Å². The number of hydrogen-bond acceptors (Lipinski definition) is 5. The molecule has 3 N–H and O–H groups in total. The third-order valence-electron chi connectivity index (χ3n) is 1.96. The largest absolute Gasteiger partial charge is 0.396 e. The quantitative estimate of drug-likeness (QED) is 0.678. The van der Waals surface area contributed by atoms with E-state index in [-0.39, 0.29) is 23.3 Å². The van der Waals surface area contributed by atoms with Crippen molar-refractivity contribution in [1.29, 1.82) is 0 Å². The lowest BCUT2D eigenvalue weighted by atomic mass is 10.2. The van der Waals surface area contributed by atoms with E-state index in [9.17, 15) is 13.2 Å². The van der Waals surface area contributed by atoms with Gasteiger partial charge in [0.15, 0.2) is 4.21 Å². The summed E-state index contributed by atoms with van der Waals surface area (Å²) in [5.41, 5.74) is 0.333. The van der Waals surface area contributed by atoms with Crippen LogP contribution in [0, 0.1) is 12.8 Å². The minimum absolute atomic E-state index is 0.00244. The Hall–Kier alpha value is -0.700. The van der Waals surface area contributed by atoms with Gasteiger partial charge in [-0.25, -0.2) is 13.1 Å². The van der Waals surface area contributed by atoms with E-state index in [2.05, 4.69) is 9.71 Å². The summed E-state index contributed by atoms with van der Waals surface area (Å²) in [4.78, 5) is 13.0. The lowest BCUT2D eigenvalue weighted by molar-refractivity contribution is 0.238. The Morgan fingerprint density at radius 2 is 2.19 bits per heavy atom. The minimum Gasteiger partial charge on any atom is -0.396 e. The Morgan fingerprint density at radius 3 is 2.62 bits per heavy atom. The number of H-pyrrole nitrogens is 1. The van der Waals surface area contributed by atoms with Crippen molar-refractivity contribution >= 4 is 21.4 Å². The van der Waals surface area contributed by atoms with E-state index in [1.165, 1.54) is 6.92 Å². The molecule has 0 aliphatic rings. The summed E-state index contributed by atoms with van der Waals surface area (Å²) in [5, 5.41) is 8.77. The van der Waals surface area contributed by atoms with E-state index in [1.54, 1.807) is 6.92 Å². The predicted molar refractivity (Wildman–Crippen MR) is 61.1 cm³/mol. The van der Waals surface area contributed by atoms with Gasteiger partial charge in [0.1, 0.15) is 0 Å². The molecule has 1 heterocycles. The number of thiazole rings is 1. The molecule has 0 amide bonds. The molecule has 0 radical (unpaired) electrons. The van der Waals surface area contributed by atoms with Crippen molar-refractivity contribution in [2.45, 2.75) is 18.1 Å². The van der Waals surface area contributed by atoms with Crippen molar-refractivity contribution in [3.05, 3.63) is 15.4 Å². The molecule has 16 heavy (non-hydrogen) atoms. The van der Waals surface area contributed by atoms with E-state index >= 15 is 0 Å². The lowest BCUT2D eigenvalue weighted by Gasteiger charge is -2.09. The first-order chi connectivity index (χ1) is 7.36. The summed E-state index contributed by atoms with van der Waals surface area (Å²) >= 11 is 0.656. The minimum atomic E-state index is -3.65. The van der Waals surface area contributed by atoms with Crippen LogP contribution in [0.1, 0.15) is 12.6 Å². The van der Waals surface area contributed by atoms with Crippen molar-refractivity contribution in [1.82, 2.24) is 9.71 Å². The van der Waals surface area contributed by atoms with Crippen molar-refractivity contribution in [2.24, 2.45) is 5.92 Å². The maximum absolute atomic E-state index is 11.7. The second-order valence-electron chi connectivity index (χ2n) is 3.57. The number of aliphatic hydroxyl groups excluding tert-OH is 1. The van der Waals surface area contributed by atoms with E-state index < -0.39 is 14.9 Å². The number of hydrogen-bond donors (Lipinski definition) is 3. The Morgan fingerprint density at radius 1 is 1.56 bits per heavy atom. The first-order valence-electron chi connectivity index (χ1n) is 4.67. The summed E-state index contributed by atoms with van der Waals surface area (Å²) in [7, 11) is -3.65. The van der Waals surface area contributed by atoms with Crippen molar-refractivity contribution in [2.75, 3.05) is 13.2 Å². The topological polar surface area (TPSA) is 99.3 Å². The van der Waals surface area contributed by atoms with E-state index in [4.69, 9.17) is 5.11 Å². The highest BCUT2D eigenvalue weighted by Gasteiger charge is 2.20. The molecule has 1 rings (SSSR count). The highest BCUT2D eigenvalue weighted by Crippen LogP contribution is 2.15. The van der Waals surface area contributed by atoms with Gasteiger partial charge in [0.2, 0.25) is 0 Å². The molecule has 0 aliphatic carbocycles. The molecule has 0 saturated heterocycles. The first-order valence-corrected chi connectivity index (χ1v) is 6.97. The average molecular weight is 266 g/mol. The summed E-state index contributed by atoms with van der Waals surface area (Å²) < 4.78 is 25.8. The molecule has 0 spiro atoms. The van der Waals surface area contributed by atoms with Crippen LogP contribution in [0.25, 0.3) is 0 Å². The number of aliphatic hydroxyl groups is 1. The molecule has 0 aromatic carbocycles. The number of aromatic amines is 1. The summed E-state index contributed by atoms with van der Waals surface area (Å²) in [6.45, 7) is 3.30. The molecule has 1 unspecified atom stereocenters. The first kappa shape index (κ1) is 13.4. The third-order valence-corrected chi connectivity index (χ3v) is 4.99. The predicted octanol–water partition coefficient (Wildman–Crippen LogP) is -0.348. The second-order valence-corrected chi connectivity index (χ2v) is 6.51. The molecule has 0 saturated carbocycles. The molecule has 1 aromatic heterocycles. The van der Waals surface area contributed by atoms with Gasteiger partial charge in [0, 0.05) is 18.8 Å². The maximum Gasteiger partial charge on any atom is 0.305 e. The standard InChI is InChI=1S/C8H14N2O4S2/c1-5(4-11)3-9-16(13,14)7-6(2)10-8(12)15-7/h5,9,11H,3-4H2,1-2H3,(H,10,12). The summed E-state index contributed by atoms with van der Waals surface area (Å²) in [5.74, 6) is -0.161. The number of aryl methyl sites for hydroxylation is 1. The van der Waals surface area contributed by atoms with E-state index in [1.807, 2.05) is 0 Å². The number of aromatic nitrogens is 1. The van der Waals surface area contributed by atoms with Crippen LogP contribution in [0.4, 0.5) is 0 Å². The van der Waals surface area contributed by atoms with Gasteiger partial charge in [-0.05, 0) is 12.8 Å². The zero-order valence-electron chi connectivity index (χ0n) is 8.98. The van der Waals surface area contributed by atoms with Crippen LogP contribution in [0.3, 0.4) is 0 Å². The third kappa shape index (κ3) is 3.14. The van der Waals surface area contributed by atoms with Crippen LogP contribution in [-0.4, -0.2) is 31.7 Å².